The molecule has 0 atom stereocenters. The van der Waals surface area contributed by atoms with Crippen LogP contribution in [0.2, 0.25) is 0 Å². The molecular formula is C15H11F2N3O. The molecule has 0 aliphatic heterocycles. The van der Waals surface area contributed by atoms with Crippen LogP contribution >= 0.6 is 0 Å². The average Bonchev–Trinajstić information content (AvgIpc) is 2.92. The number of carbonyl (C=O) groups excluding carboxylic acids is 1. The van der Waals surface area contributed by atoms with Gasteiger partial charge in [-0.05, 0) is 36.8 Å². The first-order valence-electron chi connectivity index (χ1n) is 6.25. The highest BCUT2D eigenvalue weighted by molar-refractivity contribution is 6.05. The highest BCUT2D eigenvalue weighted by Gasteiger charge is 2.12. The van der Waals surface area contributed by atoms with Crippen LogP contribution in [0.5, 0.6) is 0 Å². The molecular weight excluding hydrogens is 276 g/mol. The van der Waals surface area contributed by atoms with Crippen molar-refractivity contribution >= 4 is 22.6 Å². The first-order chi connectivity index (χ1) is 10.0. The molecule has 4 nitrogen and oxygen atoms in total. The molecule has 106 valence electrons. The van der Waals surface area contributed by atoms with Crippen molar-refractivity contribution in [2.75, 3.05) is 5.32 Å². The van der Waals surface area contributed by atoms with Crippen molar-refractivity contribution in [3.05, 3.63) is 59.4 Å². The Morgan fingerprint density at radius 3 is 2.81 bits per heavy atom. The number of aromatic amines is 1. The number of halogens is 2. The SMILES string of the molecule is Cc1cc(F)c(NC(=O)c2ccc3nc[nH]c3c2)cc1F. The summed E-state index contributed by atoms with van der Waals surface area (Å²) in [6, 6.07) is 6.86. The molecule has 3 aromatic rings. The highest BCUT2D eigenvalue weighted by Crippen LogP contribution is 2.20. The molecule has 0 radical (unpaired) electrons. The van der Waals surface area contributed by atoms with Crippen LogP contribution in [0.25, 0.3) is 11.0 Å². The second kappa shape index (κ2) is 4.97. The number of nitrogens with one attached hydrogen (secondary N) is 2. The molecule has 6 heteroatoms. The third-order valence-corrected chi connectivity index (χ3v) is 3.18. The quantitative estimate of drug-likeness (QED) is 0.759. The molecule has 0 spiro atoms. The number of hydrogen-bond acceptors (Lipinski definition) is 2. The number of aromatic nitrogens is 2. The van der Waals surface area contributed by atoms with Gasteiger partial charge < -0.3 is 10.3 Å². The van der Waals surface area contributed by atoms with E-state index < -0.39 is 17.5 Å². The minimum atomic E-state index is -0.676. The lowest BCUT2D eigenvalue weighted by Crippen LogP contribution is -2.13. The van der Waals surface area contributed by atoms with Crippen molar-refractivity contribution in [3.8, 4) is 0 Å². The van der Waals surface area contributed by atoms with Gasteiger partial charge >= 0.3 is 0 Å². The summed E-state index contributed by atoms with van der Waals surface area (Å²) >= 11 is 0. The predicted molar refractivity (Wildman–Crippen MR) is 75.1 cm³/mol. The number of nitrogens with zero attached hydrogens (tertiary/aromatic N) is 1. The second-order valence-electron chi connectivity index (χ2n) is 4.67. The van der Waals surface area contributed by atoms with Gasteiger partial charge in [0.05, 0.1) is 23.0 Å². The fourth-order valence-electron chi connectivity index (χ4n) is 2.01. The number of rotatable bonds is 2. The Bertz CT molecular complexity index is 842. The van der Waals surface area contributed by atoms with Crippen molar-refractivity contribution in [2.24, 2.45) is 0 Å². The summed E-state index contributed by atoms with van der Waals surface area (Å²) in [6.07, 6.45) is 1.52. The zero-order chi connectivity index (χ0) is 15.0. The Morgan fingerprint density at radius 2 is 2.00 bits per heavy atom. The van der Waals surface area contributed by atoms with Gasteiger partial charge in [-0.2, -0.15) is 0 Å². The molecule has 0 aliphatic rings. The molecule has 2 N–H and O–H groups in total. The molecule has 0 fully saturated rings. The van der Waals surface area contributed by atoms with Gasteiger partial charge in [-0.1, -0.05) is 0 Å². The van der Waals surface area contributed by atoms with Crippen LogP contribution in [0.1, 0.15) is 15.9 Å². The van der Waals surface area contributed by atoms with Gasteiger partial charge in [0, 0.05) is 11.6 Å². The number of benzene rings is 2. The molecule has 21 heavy (non-hydrogen) atoms. The predicted octanol–water partition coefficient (Wildman–Crippen LogP) is 3.40. The van der Waals surface area contributed by atoms with Crippen LogP contribution in [0.4, 0.5) is 14.5 Å². The molecule has 1 aromatic heterocycles. The number of aryl methyl sites for hydroxylation is 1. The molecule has 0 unspecified atom stereocenters. The van der Waals surface area contributed by atoms with Crippen molar-refractivity contribution in [2.45, 2.75) is 6.92 Å². The summed E-state index contributed by atoms with van der Waals surface area (Å²) in [6.45, 7) is 1.45. The van der Waals surface area contributed by atoms with E-state index in [1.807, 2.05) is 0 Å². The second-order valence-corrected chi connectivity index (χ2v) is 4.67. The third kappa shape index (κ3) is 2.47. The van der Waals surface area contributed by atoms with E-state index in [0.717, 1.165) is 17.6 Å². The summed E-state index contributed by atoms with van der Waals surface area (Å²) < 4.78 is 27.2. The number of imidazole rings is 1. The maximum Gasteiger partial charge on any atom is 0.255 e. The van der Waals surface area contributed by atoms with E-state index in [4.69, 9.17) is 0 Å². The lowest BCUT2D eigenvalue weighted by Gasteiger charge is -2.08. The minimum absolute atomic E-state index is 0.185. The molecule has 0 aliphatic carbocycles. The zero-order valence-electron chi connectivity index (χ0n) is 11.1. The van der Waals surface area contributed by atoms with Gasteiger partial charge in [0.1, 0.15) is 11.6 Å². The van der Waals surface area contributed by atoms with Crippen LogP contribution < -0.4 is 5.32 Å². The van der Waals surface area contributed by atoms with Gasteiger partial charge in [-0.25, -0.2) is 13.8 Å². The van der Waals surface area contributed by atoms with Gasteiger partial charge in [-0.3, -0.25) is 4.79 Å². The number of amides is 1. The maximum absolute atomic E-state index is 13.7. The fraction of sp³-hybridized carbons (Fsp3) is 0.0667. The average molecular weight is 287 g/mol. The van der Waals surface area contributed by atoms with Gasteiger partial charge in [0.25, 0.3) is 5.91 Å². The number of H-pyrrole nitrogens is 1. The van der Waals surface area contributed by atoms with Gasteiger partial charge in [-0.15, -0.1) is 0 Å². The Morgan fingerprint density at radius 1 is 1.19 bits per heavy atom. The van der Waals surface area contributed by atoms with Crippen LogP contribution in [0.3, 0.4) is 0 Å². The lowest BCUT2D eigenvalue weighted by atomic mass is 10.1. The first-order valence-corrected chi connectivity index (χ1v) is 6.25. The number of fused-ring (bicyclic) bond motifs is 1. The summed E-state index contributed by atoms with van der Waals surface area (Å²) in [5, 5.41) is 2.36. The Kier molecular flexibility index (Phi) is 3.13. The van der Waals surface area contributed by atoms with Crippen molar-refractivity contribution in [1.82, 2.24) is 9.97 Å². The number of hydrogen-bond donors (Lipinski definition) is 2. The zero-order valence-corrected chi connectivity index (χ0v) is 11.1. The number of anilines is 1. The molecule has 3 rings (SSSR count). The first kappa shape index (κ1) is 13.2. The minimum Gasteiger partial charge on any atom is -0.345 e. The molecule has 0 saturated heterocycles. The van der Waals surface area contributed by atoms with E-state index in [-0.39, 0.29) is 11.3 Å². The van der Waals surface area contributed by atoms with Crippen molar-refractivity contribution in [3.63, 3.8) is 0 Å². The smallest absolute Gasteiger partial charge is 0.255 e. The molecule has 2 aromatic carbocycles. The molecule has 1 amide bonds. The van der Waals surface area contributed by atoms with Crippen LogP contribution in [-0.2, 0) is 0 Å². The van der Waals surface area contributed by atoms with Crippen molar-refractivity contribution in [1.29, 1.82) is 0 Å². The van der Waals surface area contributed by atoms with E-state index >= 15 is 0 Å². The Labute approximate surface area is 118 Å². The van der Waals surface area contributed by atoms with Gasteiger partial charge in [0.2, 0.25) is 0 Å². The Hall–Kier alpha value is -2.76. The monoisotopic (exact) mass is 287 g/mol. The molecule has 1 heterocycles. The topological polar surface area (TPSA) is 57.8 Å². The summed E-state index contributed by atoms with van der Waals surface area (Å²) in [7, 11) is 0. The van der Waals surface area contributed by atoms with Crippen LogP contribution in [-0.4, -0.2) is 15.9 Å². The Balaban J connectivity index is 1.90. The maximum atomic E-state index is 13.7. The third-order valence-electron chi connectivity index (χ3n) is 3.18. The van der Waals surface area contributed by atoms with Crippen molar-refractivity contribution < 1.29 is 13.6 Å². The lowest BCUT2D eigenvalue weighted by molar-refractivity contribution is 0.102. The highest BCUT2D eigenvalue weighted by atomic mass is 19.1. The fourth-order valence-corrected chi connectivity index (χ4v) is 2.01. The van der Waals surface area contributed by atoms with Crippen LogP contribution in [0, 0.1) is 18.6 Å². The molecule has 0 bridgehead atoms. The van der Waals surface area contributed by atoms with E-state index in [2.05, 4.69) is 15.3 Å². The summed E-state index contributed by atoms with van der Waals surface area (Å²) in [5.74, 6) is -1.77. The van der Waals surface area contributed by atoms with E-state index in [0.29, 0.717) is 11.1 Å². The number of carbonyl (C=O) groups is 1. The summed E-state index contributed by atoms with van der Waals surface area (Å²) in [5.41, 5.74) is 1.74. The standard InChI is InChI=1S/C15H11F2N3O/c1-8-4-11(17)13(6-10(8)16)20-15(21)9-2-3-12-14(5-9)19-7-18-12/h2-7H,1H3,(H,18,19)(H,20,21). The van der Waals surface area contributed by atoms with Crippen LogP contribution in [0.15, 0.2) is 36.7 Å². The largest absolute Gasteiger partial charge is 0.345 e. The van der Waals surface area contributed by atoms with Gasteiger partial charge in [0.15, 0.2) is 0 Å². The summed E-state index contributed by atoms with van der Waals surface area (Å²) in [4.78, 5) is 19.0. The molecule has 0 saturated carbocycles. The normalized spacial score (nSPS) is 10.8. The van der Waals surface area contributed by atoms with E-state index in [1.165, 1.54) is 13.3 Å². The van der Waals surface area contributed by atoms with E-state index in [9.17, 15) is 13.6 Å². The van der Waals surface area contributed by atoms with E-state index in [1.54, 1.807) is 18.2 Å².